The lowest BCUT2D eigenvalue weighted by atomic mass is 10.1. The number of halogens is 1. The van der Waals surface area contributed by atoms with E-state index in [1.54, 1.807) is 24.0 Å². The quantitative estimate of drug-likeness (QED) is 0.842. The average Bonchev–Trinajstić information content (AvgIpc) is 3.22. The van der Waals surface area contributed by atoms with Crippen molar-refractivity contribution in [3.8, 4) is 22.9 Å². The van der Waals surface area contributed by atoms with Gasteiger partial charge in [-0.3, -0.25) is 4.79 Å². The molecule has 1 aromatic heterocycles. The van der Waals surface area contributed by atoms with Crippen LogP contribution < -0.4 is 9.47 Å². The van der Waals surface area contributed by atoms with E-state index in [1.807, 2.05) is 0 Å². The van der Waals surface area contributed by atoms with Gasteiger partial charge in [0.2, 0.25) is 17.6 Å². The molecule has 128 valence electrons. The van der Waals surface area contributed by atoms with Crippen LogP contribution in [0.2, 0.25) is 5.02 Å². The number of methoxy groups -OCH3 is 2. The van der Waals surface area contributed by atoms with Crippen LogP contribution >= 0.6 is 11.6 Å². The van der Waals surface area contributed by atoms with Crippen molar-refractivity contribution >= 4 is 17.5 Å². The van der Waals surface area contributed by atoms with Gasteiger partial charge in [-0.05, 0) is 18.6 Å². The van der Waals surface area contributed by atoms with E-state index in [1.165, 1.54) is 14.2 Å². The molecule has 1 fully saturated rings. The number of nitrogens with zero attached hydrogens (tertiary/aromatic N) is 3. The number of hydrogen-bond acceptors (Lipinski definition) is 6. The lowest BCUT2D eigenvalue weighted by Crippen LogP contribution is -2.25. The van der Waals surface area contributed by atoms with Gasteiger partial charge in [-0.25, -0.2) is 0 Å². The fraction of sp³-hybridized carbons (Fsp3) is 0.438. The Labute approximate surface area is 144 Å². The molecule has 1 aliphatic heterocycles. The predicted octanol–water partition coefficient (Wildman–Crippen LogP) is 2.74. The molecule has 1 amide bonds. The van der Waals surface area contributed by atoms with E-state index < -0.39 is 0 Å². The second kappa shape index (κ2) is 6.68. The van der Waals surface area contributed by atoms with Crippen LogP contribution in [0, 0.1) is 0 Å². The van der Waals surface area contributed by atoms with E-state index in [2.05, 4.69) is 10.1 Å². The van der Waals surface area contributed by atoms with Gasteiger partial charge in [0.1, 0.15) is 0 Å². The van der Waals surface area contributed by atoms with E-state index in [-0.39, 0.29) is 11.8 Å². The minimum absolute atomic E-state index is 0.0592. The minimum atomic E-state index is 0.0592. The Morgan fingerprint density at radius 3 is 2.79 bits per heavy atom. The zero-order valence-corrected chi connectivity index (χ0v) is 14.5. The SMILES string of the molecule is COc1cc(-c2noc([C@H]3CCN(C(C)=O)C3)n2)cc(Cl)c1OC. The number of benzene rings is 1. The smallest absolute Gasteiger partial charge is 0.231 e. The molecule has 0 N–H and O–H groups in total. The molecule has 2 heterocycles. The molecule has 1 saturated heterocycles. The number of amides is 1. The van der Waals surface area contributed by atoms with Gasteiger partial charge in [0.25, 0.3) is 0 Å². The van der Waals surface area contributed by atoms with Crippen molar-refractivity contribution in [3.63, 3.8) is 0 Å². The van der Waals surface area contributed by atoms with Crippen molar-refractivity contribution in [2.75, 3.05) is 27.3 Å². The average molecular weight is 352 g/mol. The first kappa shape index (κ1) is 16.6. The standard InChI is InChI=1S/C16H18ClN3O4/c1-9(21)20-5-4-10(8-20)16-18-15(19-24-16)11-6-12(17)14(23-3)13(7-11)22-2/h6-7,10H,4-5,8H2,1-3H3/t10-/m0/s1. The summed E-state index contributed by atoms with van der Waals surface area (Å²) in [6, 6.07) is 3.45. The van der Waals surface area contributed by atoms with Crippen LogP contribution in [-0.2, 0) is 4.79 Å². The van der Waals surface area contributed by atoms with Crippen molar-refractivity contribution < 1.29 is 18.8 Å². The number of carbonyl (C=O) groups is 1. The highest BCUT2D eigenvalue weighted by Crippen LogP contribution is 2.39. The van der Waals surface area contributed by atoms with Gasteiger partial charge in [0.15, 0.2) is 11.5 Å². The highest BCUT2D eigenvalue weighted by molar-refractivity contribution is 6.32. The second-order valence-corrected chi connectivity index (χ2v) is 6.01. The number of rotatable bonds is 4. The molecule has 2 aromatic rings. The molecule has 7 nitrogen and oxygen atoms in total. The first-order valence-corrected chi connectivity index (χ1v) is 7.92. The van der Waals surface area contributed by atoms with Crippen molar-refractivity contribution in [2.24, 2.45) is 0 Å². The Balaban J connectivity index is 1.86. The Morgan fingerprint density at radius 1 is 1.38 bits per heavy atom. The lowest BCUT2D eigenvalue weighted by molar-refractivity contribution is -0.127. The zero-order chi connectivity index (χ0) is 17.3. The van der Waals surface area contributed by atoms with Gasteiger partial charge in [-0.2, -0.15) is 4.98 Å². The van der Waals surface area contributed by atoms with Crippen LogP contribution in [0.15, 0.2) is 16.7 Å². The second-order valence-electron chi connectivity index (χ2n) is 5.60. The summed E-state index contributed by atoms with van der Waals surface area (Å²) in [6.07, 6.45) is 0.813. The number of hydrogen-bond donors (Lipinski definition) is 0. The third-order valence-corrected chi connectivity index (χ3v) is 4.40. The maximum Gasteiger partial charge on any atom is 0.231 e. The monoisotopic (exact) mass is 351 g/mol. The van der Waals surface area contributed by atoms with E-state index in [0.717, 1.165) is 6.42 Å². The maximum absolute atomic E-state index is 11.4. The van der Waals surface area contributed by atoms with E-state index >= 15 is 0 Å². The molecular formula is C16H18ClN3O4. The third kappa shape index (κ3) is 3.03. The first-order valence-electron chi connectivity index (χ1n) is 7.54. The fourth-order valence-corrected chi connectivity index (χ4v) is 3.10. The molecule has 0 saturated carbocycles. The van der Waals surface area contributed by atoms with E-state index in [0.29, 0.717) is 46.9 Å². The van der Waals surface area contributed by atoms with Gasteiger partial charge < -0.3 is 18.9 Å². The molecule has 1 atom stereocenters. The summed E-state index contributed by atoms with van der Waals surface area (Å²) in [7, 11) is 3.06. The van der Waals surface area contributed by atoms with Crippen LogP contribution in [-0.4, -0.2) is 48.3 Å². The Morgan fingerprint density at radius 2 is 2.17 bits per heavy atom. The zero-order valence-electron chi connectivity index (χ0n) is 13.7. The minimum Gasteiger partial charge on any atom is -0.493 e. The molecule has 8 heteroatoms. The topological polar surface area (TPSA) is 77.7 Å². The van der Waals surface area contributed by atoms with Crippen molar-refractivity contribution in [1.82, 2.24) is 15.0 Å². The van der Waals surface area contributed by atoms with Gasteiger partial charge in [0.05, 0.1) is 25.2 Å². The van der Waals surface area contributed by atoms with Crippen LogP contribution in [0.5, 0.6) is 11.5 Å². The highest BCUT2D eigenvalue weighted by Gasteiger charge is 2.30. The molecule has 0 unspecified atom stereocenters. The molecule has 1 aromatic carbocycles. The van der Waals surface area contributed by atoms with E-state index in [9.17, 15) is 4.79 Å². The molecular weight excluding hydrogens is 334 g/mol. The molecule has 0 bridgehead atoms. The molecule has 0 spiro atoms. The van der Waals surface area contributed by atoms with Crippen LogP contribution in [0.25, 0.3) is 11.4 Å². The van der Waals surface area contributed by atoms with Gasteiger partial charge in [0, 0.05) is 25.6 Å². The fourth-order valence-electron chi connectivity index (χ4n) is 2.81. The van der Waals surface area contributed by atoms with E-state index in [4.69, 9.17) is 25.6 Å². The Bertz CT molecular complexity index is 762. The van der Waals surface area contributed by atoms with Crippen molar-refractivity contribution in [3.05, 3.63) is 23.0 Å². The van der Waals surface area contributed by atoms with Gasteiger partial charge in [-0.1, -0.05) is 16.8 Å². The van der Waals surface area contributed by atoms with Crippen molar-refractivity contribution in [1.29, 1.82) is 0 Å². The van der Waals surface area contributed by atoms with Gasteiger partial charge >= 0.3 is 0 Å². The summed E-state index contributed by atoms with van der Waals surface area (Å²) in [5, 5.41) is 4.43. The summed E-state index contributed by atoms with van der Waals surface area (Å²) in [5.74, 6) is 2.03. The summed E-state index contributed by atoms with van der Waals surface area (Å²) >= 11 is 6.22. The predicted molar refractivity (Wildman–Crippen MR) is 87.5 cm³/mol. The molecule has 0 aliphatic carbocycles. The maximum atomic E-state index is 11.4. The summed E-state index contributed by atoms with van der Waals surface area (Å²) in [4.78, 5) is 17.7. The molecule has 0 radical (unpaired) electrons. The van der Waals surface area contributed by atoms with Crippen LogP contribution in [0.3, 0.4) is 0 Å². The van der Waals surface area contributed by atoms with Gasteiger partial charge in [-0.15, -0.1) is 0 Å². The molecule has 24 heavy (non-hydrogen) atoms. The van der Waals surface area contributed by atoms with Crippen LogP contribution in [0.4, 0.5) is 0 Å². The first-order chi connectivity index (χ1) is 11.5. The highest BCUT2D eigenvalue weighted by atomic mass is 35.5. The normalized spacial score (nSPS) is 17.2. The number of aromatic nitrogens is 2. The van der Waals surface area contributed by atoms with Crippen molar-refractivity contribution in [2.45, 2.75) is 19.3 Å². The lowest BCUT2D eigenvalue weighted by Gasteiger charge is -2.11. The summed E-state index contributed by atoms with van der Waals surface area (Å²) < 4.78 is 15.9. The Hall–Kier alpha value is -2.28. The van der Waals surface area contributed by atoms with Crippen LogP contribution in [0.1, 0.15) is 25.2 Å². The molecule has 3 rings (SSSR count). The number of ether oxygens (including phenoxy) is 2. The summed E-state index contributed by atoms with van der Waals surface area (Å²) in [5.41, 5.74) is 0.675. The molecule has 1 aliphatic rings. The third-order valence-electron chi connectivity index (χ3n) is 4.12. The number of likely N-dealkylation sites (tertiary alicyclic amines) is 1. The largest absolute Gasteiger partial charge is 0.493 e. The Kier molecular flexibility index (Phi) is 4.62. The number of carbonyl (C=O) groups excluding carboxylic acids is 1. The summed E-state index contributed by atoms with van der Waals surface area (Å²) in [6.45, 7) is 2.87.